The van der Waals surface area contributed by atoms with Crippen molar-refractivity contribution in [2.75, 3.05) is 0 Å². The molecule has 25 heavy (non-hydrogen) atoms. The van der Waals surface area contributed by atoms with Crippen LogP contribution in [0.4, 0.5) is 0 Å². The van der Waals surface area contributed by atoms with Crippen molar-refractivity contribution >= 4 is 46.2 Å². The molecule has 0 spiro atoms. The van der Waals surface area contributed by atoms with Gasteiger partial charge in [0.1, 0.15) is 11.1 Å². The summed E-state index contributed by atoms with van der Waals surface area (Å²) in [6, 6.07) is 15.9. The first-order valence-electron chi connectivity index (χ1n) is 7.73. The van der Waals surface area contributed by atoms with Crippen molar-refractivity contribution in [3.05, 3.63) is 74.0 Å². The second-order valence-electron chi connectivity index (χ2n) is 5.40. The molecule has 0 radical (unpaired) electrons. The summed E-state index contributed by atoms with van der Waals surface area (Å²) in [6.45, 7) is 2.13. The van der Waals surface area contributed by atoms with E-state index in [0.717, 1.165) is 17.7 Å². The lowest BCUT2D eigenvalue weighted by Gasteiger charge is -2.01. The van der Waals surface area contributed by atoms with E-state index in [1.54, 1.807) is 18.2 Å². The molecule has 2 aromatic carbocycles. The fraction of sp³-hybridized carbons (Fsp3) is 0.100. The van der Waals surface area contributed by atoms with E-state index in [1.165, 1.54) is 16.9 Å². The van der Waals surface area contributed by atoms with Gasteiger partial charge in [0, 0.05) is 10.9 Å². The molecule has 124 valence electrons. The van der Waals surface area contributed by atoms with E-state index in [9.17, 15) is 5.26 Å². The number of allylic oxidation sites excluding steroid dienone is 1. The molecule has 0 saturated heterocycles. The van der Waals surface area contributed by atoms with Crippen LogP contribution >= 0.6 is 34.5 Å². The zero-order valence-electron chi connectivity index (χ0n) is 13.5. The summed E-state index contributed by atoms with van der Waals surface area (Å²) in [4.78, 5) is 4.61. The maximum atomic E-state index is 9.52. The Morgan fingerprint density at radius 2 is 1.96 bits per heavy atom. The lowest BCUT2D eigenvalue weighted by molar-refractivity contribution is 1.14. The Balaban J connectivity index is 1.95. The molecule has 3 aromatic rings. The number of hydrogen-bond donors (Lipinski definition) is 0. The molecule has 1 aromatic heterocycles. The third-order valence-corrected chi connectivity index (χ3v) is 5.50. The molecule has 0 amide bonds. The van der Waals surface area contributed by atoms with Gasteiger partial charge in [-0.25, -0.2) is 4.98 Å². The lowest BCUT2D eigenvalue weighted by atomic mass is 10.1. The number of nitrogens with zero attached hydrogens (tertiary/aromatic N) is 2. The number of aromatic nitrogens is 1. The van der Waals surface area contributed by atoms with E-state index in [1.807, 2.05) is 11.4 Å². The third-order valence-electron chi connectivity index (χ3n) is 3.79. The number of hydrogen-bond acceptors (Lipinski definition) is 3. The van der Waals surface area contributed by atoms with E-state index >= 15 is 0 Å². The highest BCUT2D eigenvalue weighted by molar-refractivity contribution is 7.11. The molecule has 0 fully saturated rings. The second-order valence-corrected chi connectivity index (χ2v) is 7.04. The van der Waals surface area contributed by atoms with Crippen LogP contribution in [-0.4, -0.2) is 4.98 Å². The Kier molecular flexibility index (Phi) is 5.55. The number of halogens is 2. The Morgan fingerprint density at radius 3 is 2.64 bits per heavy atom. The lowest BCUT2D eigenvalue weighted by Crippen LogP contribution is -1.85. The first kappa shape index (κ1) is 17.7. The summed E-state index contributed by atoms with van der Waals surface area (Å²) in [5, 5.41) is 13.0. The summed E-state index contributed by atoms with van der Waals surface area (Å²) in [5.74, 6) is 0. The number of benzene rings is 2. The monoisotopic (exact) mass is 384 g/mol. The Morgan fingerprint density at radius 1 is 1.20 bits per heavy atom. The zero-order chi connectivity index (χ0) is 17.8. The normalized spacial score (nSPS) is 11.4. The first-order chi connectivity index (χ1) is 12.1. The standard InChI is InChI=1S/C20H14Cl2N2S/c1-2-13-6-8-14(9-7-13)18-12-25-20(24-18)16(11-23)10-15-4-3-5-17(21)19(15)22/h3-10,12H,2H2,1H3/b16-10+. The average Bonchev–Trinajstić information content (AvgIpc) is 3.13. The minimum Gasteiger partial charge on any atom is -0.235 e. The highest BCUT2D eigenvalue weighted by atomic mass is 35.5. The summed E-state index contributed by atoms with van der Waals surface area (Å²) in [5.41, 5.74) is 4.35. The number of rotatable bonds is 4. The zero-order valence-corrected chi connectivity index (χ0v) is 15.8. The van der Waals surface area contributed by atoms with Gasteiger partial charge >= 0.3 is 0 Å². The summed E-state index contributed by atoms with van der Waals surface area (Å²) in [6.07, 6.45) is 2.72. The van der Waals surface area contributed by atoms with Crippen LogP contribution in [0.15, 0.2) is 47.8 Å². The van der Waals surface area contributed by atoms with Crippen molar-refractivity contribution in [3.8, 4) is 17.3 Å². The maximum absolute atomic E-state index is 9.52. The molecular formula is C20H14Cl2N2S. The van der Waals surface area contributed by atoms with Gasteiger partial charge in [-0.15, -0.1) is 11.3 Å². The molecule has 0 bridgehead atoms. The maximum Gasteiger partial charge on any atom is 0.134 e. The third kappa shape index (κ3) is 3.93. The molecule has 0 atom stereocenters. The number of thiazole rings is 1. The fourth-order valence-corrected chi connectivity index (χ4v) is 3.53. The molecule has 0 aliphatic heterocycles. The predicted octanol–water partition coefficient (Wildman–Crippen LogP) is 6.74. The first-order valence-corrected chi connectivity index (χ1v) is 9.37. The van der Waals surface area contributed by atoms with Crippen molar-refractivity contribution in [2.24, 2.45) is 0 Å². The van der Waals surface area contributed by atoms with E-state index in [4.69, 9.17) is 23.2 Å². The average molecular weight is 385 g/mol. The molecule has 0 aliphatic carbocycles. The summed E-state index contributed by atoms with van der Waals surface area (Å²) < 4.78 is 0. The number of aryl methyl sites for hydroxylation is 1. The van der Waals surface area contributed by atoms with E-state index < -0.39 is 0 Å². The van der Waals surface area contributed by atoms with Crippen LogP contribution in [0.1, 0.15) is 23.1 Å². The molecular weight excluding hydrogens is 371 g/mol. The van der Waals surface area contributed by atoms with Gasteiger partial charge in [0.15, 0.2) is 0 Å². The largest absolute Gasteiger partial charge is 0.235 e. The van der Waals surface area contributed by atoms with Gasteiger partial charge in [0.25, 0.3) is 0 Å². The van der Waals surface area contributed by atoms with Gasteiger partial charge in [0.05, 0.1) is 21.3 Å². The van der Waals surface area contributed by atoms with Crippen LogP contribution in [0, 0.1) is 11.3 Å². The van der Waals surface area contributed by atoms with Crippen LogP contribution in [0.2, 0.25) is 10.0 Å². The van der Waals surface area contributed by atoms with E-state index in [0.29, 0.717) is 26.2 Å². The second kappa shape index (κ2) is 7.84. The predicted molar refractivity (Wildman–Crippen MR) is 107 cm³/mol. The van der Waals surface area contributed by atoms with Gasteiger partial charge in [-0.1, -0.05) is 66.5 Å². The molecule has 5 heteroatoms. The van der Waals surface area contributed by atoms with Crippen LogP contribution < -0.4 is 0 Å². The van der Waals surface area contributed by atoms with Gasteiger partial charge in [-0.2, -0.15) is 5.26 Å². The van der Waals surface area contributed by atoms with Crippen LogP contribution in [-0.2, 0) is 6.42 Å². The van der Waals surface area contributed by atoms with Gasteiger partial charge < -0.3 is 0 Å². The molecule has 0 aliphatic rings. The quantitative estimate of drug-likeness (QED) is 0.466. The Labute approximate surface area is 161 Å². The van der Waals surface area contributed by atoms with Crippen molar-refractivity contribution in [1.82, 2.24) is 4.98 Å². The highest BCUT2D eigenvalue weighted by Gasteiger charge is 2.11. The van der Waals surface area contributed by atoms with E-state index in [-0.39, 0.29) is 0 Å². The summed E-state index contributed by atoms with van der Waals surface area (Å²) >= 11 is 13.7. The number of nitriles is 1. The van der Waals surface area contributed by atoms with Gasteiger partial charge in [0.2, 0.25) is 0 Å². The van der Waals surface area contributed by atoms with Crippen molar-refractivity contribution in [1.29, 1.82) is 5.26 Å². The summed E-state index contributed by atoms with van der Waals surface area (Å²) in [7, 11) is 0. The topological polar surface area (TPSA) is 36.7 Å². The molecule has 0 saturated carbocycles. The minimum atomic E-state index is 0.434. The SMILES string of the molecule is CCc1ccc(-c2csc(/C(C#N)=C/c3cccc(Cl)c3Cl)n2)cc1. The smallest absolute Gasteiger partial charge is 0.134 e. The molecule has 0 N–H and O–H groups in total. The van der Waals surface area contributed by atoms with Crippen molar-refractivity contribution < 1.29 is 0 Å². The van der Waals surface area contributed by atoms with Crippen molar-refractivity contribution in [2.45, 2.75) is 13.3 Å². The van der Waals surface area contributed by atoms with Gasteiger partial charge in [-0.3, -0.25) is 0 Å². The van der Waals surface area contributed by atoms with Crippen LogP contribution in [0.5, 0.6) is 0 Å². The fourth-order valence-electron chi connectivity index (χ4n) is 2.37. The van der Waals surface area contributed by atoms with Crippen LogP contribution in [0.3, 0.4) is 0 Å². The molecule has 2 nitrogen and oxygen atoms in total. The van der Waals surface area contributed by atoms with Gasteiger partial charge in [-0.05, 0) is 29.7 Å². The van der Waals surface area contributed by atoms with Crippen molar-refractivity contribution in [3.63, 3.8) is 0 Å². The minimum absolute atomic E-state index is 0.434. The van der Waals surface area contributed by atoms with Crippen LogP contribution in [0.25, 0.3) is 22.9 Å². The molecule has 0 unspecified atom stereocenters. The Hall–Kier alpha value is -2.12. The molecule has 1 heterocycles. The Bertz CT molecular complexity index is 966. The molecule has 3 rings (SSSR count). The highest BCUT2D eigenvalue weighted by Crippen LogP contribution is 2.31. The van der Waals surface area contributed by atoms with E-state index in [2.05, 4.69) is 42.2 Å².